The number of ketones is 1. The normalized spacial score (nSPS) is 13.2. The molecule has 0 saturated heterocycles. The molecule has 1 atom stereocenters. The Balaban J connectivity index is 2.19. The third kappa shape index (κ3) is 3.55. The molecule has 0 aliphatic heterocycles. The highest BCUT2D eigenvalue weighted by atomic mass is 32.2. The van der Waals surface area contributed by atoms with Crippen LogP contribution in [0.3, 0.4) is 0 Å². The molecule has 2 aromatic rings. The minimum Gasteiger partial charge on any atom is -0.293 e. The van der Waals surface area contributed by atoms with Crippen LogP contribution in [0.1, 0.15) is 49.2 Å². The van der Waals surface area contributed by atoms with Crippen molar-refractivity contribution in [3.63, 3.8) is 0 Å². The van der Waals surface area contributed by atoms with Gasteiger partial charge in [0.05, 0.1) is 10.8 Å². The van der Waals surface area contributed by atoms with Crippen molar-refractivity contribution in [2.24, 2.45) is 0 Å². The van der Waals surface area contributed by atoms with Crippen LogP contribution in [-0.2, 0) is 5.54 Å². The van der Waals surface area contributed by atoms with Crippen molar-refractivity contribution in [1.29, 1.82) is 0 Å². The number of nitrogens with zero attached hydrogens (tertiary/aromatic N) is 4. The van der Waals surface area contributed by atoms with Crippen molar-refractivity contribution in [3.8, 4) is 0 Å². The Kier molecular flexibility index (Phi) is 4.70. The molecule has 1 aromatic heterocycles. The highest BCUT2D eigenvalue weighted by Crippen LogP contribution is 2.27. The summed E-state index contributed by atoms with van der Waals surface area (Å²) in [6.07, 6.45) is 0. The van der Waals surface area contributed by atoms with Gasteiger partial charge in [0.1, 0.15) is 0 Å². The number of tetrazole rings is 1. The number of thioether (sulfide) groups is 1. The molecule has 0 bridgehead atoms. The largest absolute Gasteiger partial charge is 0.293 e. The Morgan fingerprint density at radius 1 is 1.23 bits per heavy atom. The zero-order valence-corrected chi connectivity index (χ0v) is 14.7. The maximum atomic E-state index is 12.6. The van der Waals surface area contributed by atoms with Crippen LogP contribution < -0.4 is 0 Å². The number of hydrogen-bond donors (Lipinski definition) is 0. The molecule has 0 radical (unpaired) electrons. The molecule has 1 aromatic carbocycles. The molecule has 5 nitrogen and oxygen atoms in total. The van der Waals surface area contributed by atoms with Gasteiger partial charge in [-0.3, -0.25) is 4.79 Å². The molecular formula is C16H22N4OS. The van der Waals surface area contributed by atoms with Crippen molar-refractivity contribution >= 4 is 17.5 Å². The summed E-state index contributed by atoms with van der Waals surface area (Å²) in [4.78, 5) is 12.6. The summed E-state index contributed by atoms with van der Waals surface area (Å²) in [6, 6.07) is 5.81. The lowest BCUT2D eigenvalue weighted by Crippen LogP contribution is -2.25. The lowest BCUT2D eigenvalue weighted by atomic mass is 10.0. The molecule has 0 aliphatic rings. The topological polar surface area (TPSA) is 60.7 Å². The smallest absolute Gasteiger partial charge is 0.210 e. The van der Waals surface area contributed by atoms with Crippen LogP contribution in [0.25, 0.3) is 0 Å². The summed E-state index contributed by atoms with van der Waals surface area (Å²) in [5, 5.41) is 12.2. The molecule has 0 saturated carbocycles. The molecule has 2 rings (SSSR count). The van der Waals surface area contributed by atoms with Gasteiger partial charge in [-0.15, -0.1) is 5.10 Å². The standard InChI is InChI=1S/C16H22N4OS/c1-10-7-8-13(9-11(10)2)14(21)12(3)22-15-17-18-19-20(15)16(4,5)6/h7-9,12H,1-6H3. The first-order valence-corrected chi connectivity index (χ1v) is 8.15. The van der Waals surface area contributed by atoms with Crippen LogP contribution in [-0.4, -0.2) is 31.2 Å². The highest BCUT2D eigenvalue weighted by molar-refractivity contribution is 8.00. The van der Waals surface area contributed by atoms with E-state index in [1.165, 1.54) is 17.3 Å². The first kappa shape index (κ1) is 16.7. The van der Waals surface area contributed by atoms with Gasteiger partial charge in [-0.1, -0.05) is 23.9 Å². The molecule has 0 amide bonds. The Bertz CT molecular complexity index is 688. The first-order chi connectivity index (χ1) is 10.2. The highest BCUT2D eigenvalue weighted by Gasteiger charge is 2.24. The third-order valence-corrected chi connectivity index (χ3v) is 4.55. The third-order valence-electron chi connectivity index (χ3n) is 3.52. The number of aryl methyl sites for hydroxylation is 2. The Morgan fingerprint density at radius 2 is 1.91 bits per heavy atom. The zero-order valence-electron chi connectivity index (χ0n) is 13.9. The fourth-order valence-corrected chi connectivity index (χ4v) is 3.07. The molecular weight excluding hydrogens is 296 g/mol. The lowest BCUT2D eigenvalue weighted by molar-refractivity contribution is 0.0993. The number of aromatic nitrogens is 4. The van der Waals surface area contributed by atoms with Crippen LogP contribution in [0.15, 0.2) is 23.4 Å². The van der Waals surface area contributed by atoms with Crippen LogP contribution in [0.5, 0.6) is 0 Å². The zero-order chi connectivity index (χ0) is 16.5. The van der Waals surface area contributed by atoms with Crippen LogP contribution >= 0.6 is 11.8 Å². The van der Waals surface area contributed by atoms with E-state index >= 15 is 0 Å². The summed E-state index contributed by atoms with van der Waals surface area (Å²) in [7, 11) is 0. The van der Waals surface area contributed by atoms with Crippen molar-refractivity contribution in [1.82, 2.24) is 20.2 Å². The minimum atomic E-state index is -0.241. The molecule has 0 N–H and O–H groups in total. The van der Waals surface area contributed by atoms with Gasteiger partial charge in [0.2, 0.25) is 5.16 Å². The van der Waals surface area contributed by atoms with Crippen LogP contribution in [0, 0.1) is 13.8 Å². The van der Waals surface area contributed by atoms with Gasteiger partial charge in [0, 0.05) is 5.56 Å². The van der Waals surface area contributed by atoms with E-state index < -0.39 is 0 Å². The van der Waals surface area contributed by atoms with Crippen molar-refractivity contribution in [3.05, 3.63) is 34.9 Å². The van der Waals surface area contributed by atoms with Crippen LogP contribution in [0.4, 0.5) is 0 Å². The van der Waals surface area contributed by atoms with Crippen LogP contribution in [0.2, 0.25) is 0 Å². The van der Waals surface area contributed by atoms with Gasteiger partial charge in [-0.05, 0) is 69.2 Å². The van der Waals surface area contributed by atoms with Gasteiger partial charge in [-0.2, -0.15) is 0 Å². The predicted molar refractivity (Wildman–Crippen MR) is 88.4 cm³/mol. The maximum absolute atomic E-state index is 12.6. The van der Waals surface area contributed by atoms with Gasteiger partial charge in [-0.25, -0.2) is 4.68 Å². The summed E-state index contributed by atoms with van der Waals surface area (Å²) in [5.41, 5.74) is 2.84. The summed E-state index contributed by atoms with van der Waals surface area (Å²) >= 11 is 1.39. The van der Waals surface area contributed by atoms with Gasteiger partial charge in [0.25, 0.3) is 0 Å². The SMILES string of the molecule is Cc1ccc(C(=O)C(C)Sc2nnnn2C(C)(C)C)cc1C. The average molecular weight is 318 g/mol. The Hall–Kier alpha value is -1.69. The number of carbonyl (C=O) groups is 1. The van der Waals surface area contributed by atoms with E-state index in [-0.39, 0.29) is 16.6 Å². The number of Topliss-reactive ketones (excluding diaryl/α,β-unsaturated/α-hetero) is 1. The summed E-state index contributed by atoms with van der Waals surface area (Å²) < 4.78 is 1.75. The van der Waals surface area contributed by atoms with E-state index in [4.69, 9.17) is 0 Å². The van der Waals surface area contributed by atoms with E-state index in [2.05, 4.69) is 15.5 Å². The number of benzene rings is 1. The lowest BCUT2D eigenvalue weighted by Gasteiger charge is -2.20. The Morgan fingerprint density at radius 3 is 2.50 bits per heavy atom. The van der Waals surface area contributed by atoms with E-state index in [1.54, 1.807) is 4.68 Å². The minimum absolute atomic E-state index is 0.0940. The molecule has 0 fully saturated rings. The molecule has 118 valence electrons. The number of carbonyl (C=O) groups excluding carboxylic acids is 1. The number of hydrogen-bond acceptors (Lipinski definition) is 5. The summed E-state index contributed by atoms with van der Waals surface area (Å²) in [6.45, 7) is 12.0. The van der Waals surface area contributed by atoms with E-state index in [1.807, 2.05) is 59.7 Å². The van der Waals surface area contributed by atoms with E-state index in [0.717, 1.165) is 11.1 Å². The van der Waals surface area contributed by atoms with Gasteiger partial charge >= 0.3 is 0 Å². The van der Waals surface area contributed by atoms with Crippen molar-refractivity contribution in [2.75, 3.05) is 0 Å². The molecule has 0 aliphatic carbocycles. The monoisotopic (exact) mass is 318 g/mol. The fraction of sp³-hybridized carbons (Fsp3) is 0.500. The van der Waals surface area contributed by atoms with E-state index in [9.17, 15) is 4.79 Å². The summed E-state index contributed by atoms with van der Waals surface area (Å²) in [5.74, 6) is 0.0940. The maximum Gasteiger partial charge on any atom is 0.210 e. The average Bonchev–Trinajstić information content (AvgIpc) is 2.89. The van der Waals surface area contributed by atoms with Crippen molar-refractivity contribution < 1.29 is 4.79 Å². The second kappa shape index (κ2) is 6.20. The van der Waals surface area contributed by atoms with E-state index in [0.29, 0.717) is 5.16 Å². The van der Waals surface area contributed by atoms with Crippen molar-refractivity contribution in [2.45, 2.75) is 57.5 Å². The molecule has 22 heavy (non-hydrogen) atoms. The second-order valence-electron chi connectivity index (χ2n) is 6.47. The molecule has 1 unspecified atom stereocenters. The Labute approximate surface area is 135 Å². The number of rotatable bonds is 4. The fourth-order valence-electron chi connectivity index (χ4n) is 2.01. The predicted octanol–water partition coefficient (Wildman–Crippen LogP) is 3.41. The quantitative estimate of drug-likeness (QED) is 0.638. The van der Waals surface area contributed by atoms with Gasteiger partial charge < -0.3 is 0 Å². The first-order valence-electron chi connectivity index (χ1n) is 7.27. The molecule has 6 heteroatoms. The second-order valence-corrected chi connectivity index (χ2v) is 7.78. The van der Waals surface area contributed by atoms with Gasteiger partial charge in [0.15, 0.2) is 5.78 Å². The molecule has 0 spiro atoms. The molecule has 1 heterocycles.